The van der Waals surface area contributed by atoms with Gasteiger partial charge in [-0.1, -0.05) is 24.3 Å². The summed E-state index contributed by atoms with van der Waals surface area (Å²) in [5, 5.41) is 4.38. The molecule has 0 spiro atoms. The van der Waals surface area contributed by atoms with Crippen molar-refractivity contribution in [1.82, 2.24) is 15.2 Å². The first kappa shape index (κ1) is 13.5. The van der Waals surface area contributed by atoms with Crippen LogP contribution in [0.1, 0.15) is 30.9 Å². The van der Waals surface area contributed by atoms with Crippen LogP contribution in [-0.2, 0) is 0 Å². The van der Waals surface area contributed by atoms with E-state index in [1.54, 1.807) is 0 Å². The summed E-state index contributed by atoms with van der Waals surface area (Å²) in [6.07, 6.45) is 8.86. The molecule has 1 atom stereocenters. The molecule has 0 bridgehead atoms. The van der Waals surface area contributed by atoms with Gasteiger partial charge in [-0.25, -0.2) is 4.68 Å². The van der Waals surface area contributed by atoms with Crippen LogP contribution in [0.5, 0.6) is 0 Å². The normalized spacial score (nSPS) is 12.3. The number of allylic oxidation sites excluding steroid dienone is 1. The highest BCUT2D eigenvalue weighted by molar-refractivity contribution is 5.31. The number of hydrogen-bond donors (Lipinski definition) is 2. The molecule has 1 heterocycles. The van der Waals surface area contributed by atoms with Gasteiger partial charge in [-0.05, 0) is 31.4 Å². The largest absolute Gasteiger partial charge is 0.271 e. The molecule has 2 rings (SSSR count). The SMILES string of the molecule is C=CCCCC(NN)c1cnn(-c2ccccc2)c1. The zero-order valence-electron chi connectivity index (χ0n) is 11.0. The Labute approximate surface area is 113 Å². The summed E-state index contributed by atoms with van der Waals surface area (Å²) in [7, 11) is 0. The first-order valence-corrected chi connectivity index (χ1v) is 6.52. The number of rotatable bonds is 7. The highest BCUT2D eigenvalue weighted by atomic mass is 15.3. The Morgan fingerprint density at radius 3 is 2.84 bits per heavy atom. The minimum Gasteiger partial charge on any atom is -0.271 e. The summed E-state index contributed by atoms with van der Waals surface area (Å²) < 4.78 is 1.87. The third kappa shape index (κ3) is 3.53. The maximum atomic E-state index is 5.62. The lowest BCUT2D eigenvalue weighted by molar-refractivity contribution is 0.501. The lowest BCUT2D eigenvalue weighted by Gasteiger charge is -2.13. The average Bonchev–Trinajstić information content (AvgIpc) is 2.94. The lowest BCUT2D eigenvalue weighted by Crippen LogP contribution is -2.27. The number of benzene rings is 1. The van der Waals surface area contributed by atoms with E-state index < -0.39 is 0 Å². The van der Waals surface area contributed by atoms with E-state index in [0.29, 0.717) is 0 Å². The number of nitrogens with one attached hydrogen (secondary N) is 1. The number of aromatic nitrogens is 2. The molecule has 1 aromatic carbocycles. The van der Waals surface area contributed by atoms with Gasteiger partial charge < -0.3 is 0 Å². The molecule has 0 fully saturated rings. The van der Waals surface area contributed by atoms with E-state index in [0.717, 1.165) is 30.5 Å². The monoisotopic (exact) mass is 256 g/mol. The number of para-hydroxylation sites is 1. The maximum absolute atomic E-state index is 5.62. The van der Waals surface area contributed by atoms with Crippen LogP contribution < -0.4 is 11.3 Å². The van der Waals surface area contributed by atoms with E-state index in [9.17, 15) is 0 Å². The molecule has 0 aliphatic rings. The minimum atomic E-state index is 0.136. The van der Waals surface area contributed by atoms with Gasteiger partial charge in [-0.3, -0.25) is 11.3 Å². The van der Waals surface area contributed by atoms with Gasteiger partial charge in [0.25, 0.3) is 0 Å². The lowest BCUT2D eigenvalue weighted by atomic mass is 10.1. The molecule has 4 nitrogen and oxygen atoms in total. The predicted octanol–water partition coefficient (Wildman–Crippen LogP) is 2.73. The molecule has 1 aromatic heterocycles. The van der Waals surface area contributed by atoms with E-state index in [1.165, 1.54) is 0 Å². The average molecular weight is 256 g/mol. The molecule has 19 heavy (non-hydrogen) atoms. The van der Waals surface area contributed by atoms with Gasteiger partial charge in [0.05, 0.1) is 11.9 Å². The van der Waals surface area contributed by atoms with Crippen LogP contribution in [0, 0.1) is 0 Å². The number of unbranched alkanes of at least 4 members (excludes halogenated alkanes) is 1. The second kappa shape index (κ2) is 6.87. The minimum absolute atomic E-state index is 0.136. The van der Waals surface area contributed by atoms with Gasteiger partial charge in [-0.2, -0.15) is 5.10 Å². The molecule has 100 valence electrons. The van der Waals surface area contributed by atoms with Gasteiger partial charge in [0.1, 0.15) is 0 Å². The van der Waals surface area contributed by atoms with Gasteiger partial charge >= 0.3 is 0 Å². The molecule has 0 aliphatic carbocycles. The third-order valence-electron chi connectivity index (χ3n) is 3.13. The molecule has 0 saturated carbocycles. The van der Waals surface area contributed by atoms with E-state index in [4.69, 9.17) is 5.84 Å². The molecule has 4 heteroatoms. The van der Waals surface area contributed by atoms with Crippen LogP contribution in [0.25, 0.3) is 5.69 Å². The van der Waals surface area contributed by atoms with Crippen LogP contribution in [0.3, 0.4) is 0 Å². The van der Waals surface area contributed by atoms with Crippen molar-refractivity contribution in [3.05, 3.63) is 60.9 Å². The Morgan fingerprint density at radius 2 is 2.16 bits per heavy atom. The van der Waals surface area contributed by atoms with Crippen molar-refractivity contribution >= 4 is 0 Å². The van der Waals surface area contributed by atoms with Crippen LogP contribution in [0.15, 0.2) is 55.4 Å². The smallest absolute Gasteiger partial charge is 0.0645 e. The Balaban J connectivity index is 2.08. The molecule has 3 N–H and O–H groups in total. The van der Waals surface area contributed by atoms with Crippen LogP contribution in [0.2, 0.25) is 0 Å². The van der Waals surface area contributed by atoms with E-state index in [-0.39, 0.29) is 6.04 Å². The van der Waals surface area contributed by atoms with Gasteiger partial charge in [0.15, 0.2) is 0 Å². The fourth-order valence-corrected chi connectivity index (χ4v) is 2.05. The van der Waals surface area contributed by atoms with E-state index >= 15 is 0 Å². The van der Waals surface area contributed by atoms with Gasteiger partial charge in [0.2, 0.25) is 0 Å². The van der Waals surface area contributed by atoms with Crippen LogP contribution in [-0.4, -0.2) is 9.78 Å². The van der Waals surface area contributed by atoms with Crippen LogP contribution in [0.4, 0.5) is 0 Å². The highest BCUT2D eigenvalue weighted by Gasteiger charge is 2.11. The number of nitrogens with zero attached hydrogens (tertiary/aromatic N) is 2. The van der Waals surface area contributed by atoms with Gasteiger partial charge in [-0.15, -0.1) is 6.58 Å². The molecule has 0 aliphatic heterocycles. The first-order chi connectivity index (χ1) is 9.35. The fourth-order valence-electron chi connectivity index (χ4n) is 2.05. The Kier molecular flexibility index (Phi) is 4.89. The van der Waals surface area contributed by atoms with Crippen molar-refractivity contribution in [3.8, 4) is 5.69 Å². The molecular weight excluding hydrogens is 236 g/mol. The van der Waals surface area contributed by atoms with Crippen molar-refractivity contribution < 1.29 is 0 Å². The van der Waals surface area contributed by atoms with Gasteiger partial charge in [0, 0.05) is 17.8 Å². The Morgan fingerprint density at radius 1 is 1.37 bits per heavy atom. The topological polar surface area (TPSA) is 55.9 Å². The highest BCUT2D eigenvalue weighted by Crippen LogP contribution is 2.19. The number of nitrogens with two attached hydrogens (primary N) is 1. The van der Waals surface area contributed by atoms with Crippen molar-refractivity contribution in [2.75, 3.05) is 0 Å². The Bertz CT molecular complexity index is 504. The molecule has 2 aromatic rings. The predicted molar refractivity (Wildman–Crippen MR) is 77.7 cm³/mol. The molecular formula is C15H20N4. The molecule has 0 radical (unpaired) electrons. The van der Waals surface area contributed by atoms with Crippen molar-refractivity contribution in [2.24, 2.45) is 5.84 Å². The molecule has 1 unspecified atom stereocenters. The van der Waals surface area contributed by atoms with E-state index in [1.807, 2.05) is 53.5 Å². The molecule has 0 amide bonds. The number of hydrazine groups is 1. The van der Waals surface area contributed by atoms with Crippen molar-refractivity contribution in [2.45, 2.75) is 25.3 Å². The summed E-state index contributed by atoms with van der Waals surface area (Å²) in [6.45, 7) is 3.73. The number of hydrogen-bond acceptors (Lipinski definition) is 3. The summed E-state index contributed by atoms with van der Waals surface area (Å²) in [5.74, 6) is 5.62. The first-order valence-electron chi connectivity index (χ1n) is 6.52. The zero-order valence-corrected chi connectivity index (χ0v) is 11.0. The van der Waals surface area contributed by atoms with E-state index in [2.05, 4.69) is 17.1 Å². The maximum Gasteiger partial charge on any atom is 0.0645 e. The zero-order chi connectivity index (χ0) is 13.5. The summed E-state index contributed by atoms with van der Waals surface area (Å²) in [5.41, 5.74) is 5.01. The standard InChI is InChI=1S/C15H20N4/c1-2-3-5-10-15(18-16)13-11-17-19(12-13)14-8-6-4-7-9-14/h2,4,6-9,11-12,15,18H,1,3,5,10,16H2. The summed E-state index contributed by atoms with van der Waals surface area (Å²) in [4.78, 5) is 0. The Hall–Kier alpha value is -1.91. The molecule has 0 saturated heterocycles. The second-order valence-electron chi connectivity index (χ2n) is 4.49. The third-order valence-corrected chi connectivity index (χ3v) is 3.13. The summed E-state index contributed by atoms with van der Waals surface area (Å²) >= 11 is 0. The second-order valence-corrected chi connectivity index (χ2v) is 4.49. The quantitative estimate of drug-likeness (QED) is 0.346. The van der Waals surface area contributed by atoms with Crippen molar-refractivity contribution in [3.63, 3.8) is 0 Å². The van der Waals surface area contributed by atoms with Crippen molar-refractivity contribution in [1.29, 1.82) is 0 Å². The van der Waals surface area contributed by atoms with Crippen LogP contribution >= 0.6 is 0 Å². The fraction of sp³-hybridized carbons (Fsp3) is 0.267. The summed E-state index contributed by atoms with van der Waals surface area (Å²) in [6, 6.07) is 10.2.